The summed E-state index contributed by atoms with van der Waals surface area (Å²) in [5.41, 5.74) is 7.87. The molecule has 7 nitrogen and oxygen atoms in total. The van der Waals surface area contributed by atoms with Crippen LogP contribution in [0, 0.1) is 0 Å². The molecule has 23 heavy (non-hydrogen) atoms. The zero-order valence-corrected chi connectivity index (χ0v) is 12.6. The van der Waals surface area contributed by atoms with Gasteiger partial charge in [0.1, 0.15) is 12.0 Å². The lowest BCUT2D eigenvalue weighted by Gasteiger charge is -2.35. The summed E-state index contributed by atoms with van der Waals surface area (Å²) in [7, 11) is 0. The fourth-order valence-electron chi connectivity index (χ4n) is 3.40. The molecule has 0 spiro atoms. The first kappa shape index (κ1) is 14.2. The molecule has 3 heterocycles. The van der Waals surface area contributed by atoms with E-state index in [4.69, 9.17) is 5.73 Å². The van der Waals surface area contributed by atoms with Crippen LogP contribution in [-0.2, 0) is 0 Å². The molecule has 0 aliphatic carbocycles. The van der Waals surface area contributed by atoms with E-state index in [0.29, 0.717) is 5.56 Å². The Labute approximate surface area is 133 Å². The predicted octanol–water partition coefficient (Wildman–Crippen LogP) is 1.18. The largest absolute Gasteiger partial charge is 0.393 e. The fraction of sp³-hybridized carbons (Fsp3) is 0.375. The van der Waals surface area contributed by atoms with Gasteiger partial charge in [-0.25, -0.2) is 0 Å². The second-order valence-electron chi connectivity index (χ2n) is 6.10. The van der Waals surface area contributed by atoms with Gasteiger partial charge in [0.25, 0.3) is 0 Å². The summed E-state index contributed by atoms with van der Waals surface area (Å²) in [6.45, 7) is 1.59. The first-order chi connectivity index (χ1) is 11.1. The number of fused-ring (bicyclic) bond motifs is 3. The topological polar surface area (TPSA) is 107 Å². The first-order valence-electron chi connectivity index (χ1n) is 7.79. The van der Waals surface area contributed by atoms with Crippen molar-refractivity contribution in [3.05, 3.63) is 29.3 Å². The summed E-state index contributed by atoms with van der Waals surface area (Å²) in [5.74, 6) is 0.458. The van der Waals surface area contributed by atoms with Crippen LogP contribution in [0.3, 0.4) is 0 Å². The van der Waals surface area contributed by atoms with E-state index in [1.807, 2.05) is 12.1 Å². The van der Waals surface area contributed by atoms with E-state index in [2.05, 4.69) is 20.2 Å². The van der Waals surface area contributed by atoms with Gasteiger partial charge in [0, 0.05) is 35.1 Å². The molecule has 1 atom stereocenters. The minimum absolute atomic E-state index is 0.115. The number of benzene rings is 1. The Bertz CT molecular complexity index is 789. The van der Waals surface area contributed by atoms with E-state index in [-0.39, 0.29) is 12.3 Å². The van der Waals surface area contributed by atoms with Crippen molar-refractivity contribution >= 4 is 29.0 Å². The van der Waals surface area contributed by atoms with E-state index < -0.39 is 5.91 Å². The van der Waals surface area contributed by atoms with Gasteiger partial charge in [0.2, 0.25) is 5.91 Å². The molecule has 120 valence electrons. The lowest BCUT2D eigenvalue weighted by molar-refractivity contribution is 0.0627. The van der Waals surface area contributed by atoms with Crippen LogP contribution >= 0.6 is 0 Å². The van der Waals surface area contributed by atoms with Crippen molar-refractivity contribution in [3.8, 4) is 0 Å². The number of amides is 1. The number of aliphatic imine (C=N–C) groups is 1. The summed E-state index contributed by atoms with van der Waals surface area (Å²) >= 11 is 0. The normalized spacial score (nSPS) is 22.0. The van der Waals surface area contributed by atoms with Gasteiger partial charge in [0.05, 0.1) is 12.4 Å². The number of aromatic amines is 1. The highest BCUT2D eigenvalue weighted by Crippen LogP contribution is 2.38. The second kappa shape index (κ2) is 5.36. The smallest absolute Gasteiger partial charge is 0.248 e. The number of carbonyl (C=O) groups excluding carboxylic acids is 1. The highest BCUT2D eigenvalue weighted by Gasteiger charge is 2.30. The number of nitrogens with zero attached hydrogens (tertiary/aromatic N) is 2. The van der Waals surface area contributed by atoms with Crippen molar-refractivity contribution in [1.82, 2.24) is 9.88 Å². The molecule has 0 bridgehead atoms. The van der Waals surface area contributed by atoms with Crippen molar-refractivity contribution in [2.45, 2.75) is 25.1 Å². The number of hydrogen-bond acceptors (Lipinski definition) is 5. The van der Waals surface area contributed by atoms with Crippen LogP contribution in [0.2, 0.25) is 0 Å². The molecule has 2 aromatic rings. The zero-order valence-electron chi connectivity index (χ0n) is 12.6. The van der Waals surface area contributed by atoms with Crippen molar-refractivity contribution in [3.63, 3.8) is 0 Å². The van der Waals surface area contributed by atoms with Crippen molar-refractivity contribution in [2.75, 3.05) is 18.4 Å². The van der Waals surface area contributed by atoms with Gasteiger partial charge >= 0.3 is 0 Å². The van der Waals surface area contributed by atoms with Crippen LogP contribution in [0.1, 0.15) is 34.9 Å². The number of rotatable bonds is 2. The number of anilines is 1. The number of nitrogens with two attached hydrogens (primary N) is 1. The van der Waals surface area contributed by atoms with Crippen LogP contribution in [0.25, 0.3) is 10.9 Å². The van der Waals surface area contributed by atoms with Crippen LogP contribution in [0.5, 0.6) is 0 Å². The summed E-state index contributed by atoms with van der Waals surface area (Å²) in [6, 6.07) is 5.41. The molecule has 1 saturated heterocycles. The van der Waals surface area contributed by atoms with Crippen LogP contribution < -0.4 is 11.1 Å². The molecule has 4 rings (SSSR count). The summed E-state index contributed by atoms with van der Waals surface area (Å²) < 4.78 is 0. The van der Waals surface area contributed by atoms with Gasteiger partial charge in [-0.1, -0.05) is 0 Å². The number of aromatic nitrogens is 1. The van der Waals surface area contributed by atoms with Crippen molar-refractivity contribution in [2.24, 2.45) is 10.7 Å². The van der Waals surface area contributed by atoms with E-state index >= 15 is 0 Å². The van der Waals surface area contributed by atoms with Crippen molar-refractivity contribution in [1.29, 1.82) is 0 Å². The Morgan fingerprint density at radius 3 is 2.87 bits per heavy atom. The summed E-state index contributed by atoms with van der Waals surface area (Å²) in [4.78, 5) is 21.7. The van der Waals surface area contributed by atoms with Gasteiger partial charge in [0.15, 0.2) is 0 Å². The number of likely N-dealkylation sites (tertiary alicyclic amines) is 1. The fourth-order valence-corrected chi connectivity index (χ4v) is 3.40. The number of nitrogens with one attached hydrogen (secondary N) is 2. The Morgan fingerprint density at radius 1 is 1.35 bits per heavy atom. The van der Waals surface area contributed by atoms with E-state index in [9.17, 15) is 9.90 Å². The van der Waals surface area contributed by atoms with Gasteiger partial charge in [-0.15, -0.1) is 0 Å². The summed E-state index contributed by atoms with van der Waals surface area (Å²) in [5, 5.41) is 13.8. The molecule has 5 N–H and O–H groups in total. The third-order valence-electron chi connectivity index (χ3n) is 4.65. The molecule has 7 heteroatoms. The highest BCUT2D eigenvalue weighted by molar-refractivity contribution is 6.00. The Balaban J connectivity index is 1.78. The molecule has 2 aliphatic rings. The molecule has 1 aromatic heterocycles. The number of hydrogen-bond donors (Lipinski definition) is 4. The number of carbonyl (C=O) groups is 1. The second-order valence-corrected chi connectivity index (χ2v) is 6.10. The molecule has 1 fully saturated rings. The Kier molecular flexibility index (Phi) is 3.32. The van der Waals surface area contributed by atoms with Gasteiger partial charge in [-0.3, -0.25) is 14.7 Å². The zero-order chi connectivity index (χ0) is 16.0. The maximum absolute atomic E-state index is 11.5. The third kappa shape index (κ3) is 2.38. The number of piperidine rings is 1. The van der Waals surface area contributed by atoms with Crippen LogP contribution in [-0.4, -0.2) is 46.4 Å². The van der Waals surface area contributed by atoms with Gasteiger partial charge in [-0.2, -0.15) is 0 Å². The Morgan fingerprint density at radius 2 is 2.13 bits per heavy atom. The lowest BCUT2D eigenvalue weighted by Crippen LogP contribution is -2.38. The minimum atomic E-state index is -0.438. The predicted molar refractivity (Wildman–Crippen MR) is 88.5 cm³/mol. The van der Waals surface area contributed by atoms with Gasteiger partial charge in [-0.05, 0) is 31.0 Å². The molecule has 1 unspecified atom stereocenters. The van der Waals surface area contributed by atoms with Crippen LogP contribution in [0.4, 0.5) is 5.82 Å². The van der Waals surface area contributed by atoms with Crippen LogP contribution in [0.15, 0.2) is 23.2 Å². The maximum Gasteiger partial charge on any atom is 0.248 e. The maximum atomic E-state index is 11.5. The average molecular weight is 313 g/mol. The quantitative estimate of drug-likeness (QED) is 0.667. The Hall–Kier alpha value is -2.38. The van der Waals surface area contributed by atoms with E-state index in [1.54, 1.807) is 12.4 Å². The van der Waals surface area contributed by atoms with Crippen molar-refractivity contribution < 1.29 is 9.90 Å². The number of aliphatic hydroxyl groups excluding tert-OH is 1. The highest BCUT2D eigenvalue weighted by atomic mass is 16.3. The summed E-state index contributed by atoms with van der Waals surface area (Å²) in [6.07, 6.45) is 2.87. The molecule has 0 radical (unpaired) electrons. The average Bonchev–Trinajstić information content (AvgIpc) is 2.93. The third-order valence-corrected chi connectivity index (χ3v) is 4.65. The standard InChI is InChI=1S/C16H19N5O2/c17-14(23)9-1-2-12-11(7-9)13-15(20-12)18-8-19-16(13)21-5-3-10(22)4-6-21/h1-2,7-8,10,16,20,22H,3-6H2,(H2,17,23)(H,18,19). The minimum Gasteiger partial charge on any atom is -0.393 e. The van der Waals surface area contributed by atoms with E-state index in [1.165, 1.54) is 0 Å². The molecule has 1 amide bonds. The lowest BCUT2D eigenvalue weighted by atomic mass is 10.0. The van der Waals surface area contributed by atoms with E-state index in [0.717, 1.165) is 48.2 Å². The van der Waals surface area contributed by atoms with Gasteiger partial charge < -0.3 is 21.1 Å². The molecule has 1 aromatic carbocycles. The number of H-pyrrole nitrogens is 1. The molecule has 0 saturated carbocycles. The number of aliphatic hydroxyl groups is 1. The SMILES string of the molecule is NC(=O)c1ccc2[nH]c3c(c2c1)C(N1CCC(O)CC1)N=CN3. The number of primary amides is 1. The monoisotopic (exact) mass is 313 g/mol. The molecular formula is C16H19N5O2. The molecular weight excluding hydrogens is 294 g/mol. The molecule has 2 aliphatic heterocycles. The first-order valence-corrected chi connectivity index (χ1v) is 7.79.